The highest BCUT2D eigenvalue weighted by Gasteiger charge is 2.22. The van der Waals surface area contributed by atoms with E-state index >= 15 is 0 Å². The summed E-state index contributed by atoms with van der Waals surface area (Å²) in [4.78, 5) is 28.7. The first-order chi connectivity index (χ1) is 10.6. The van der Waals surface area contributed by atoms with Gasteiger partial charge in [0.05, 0.1) is 5.69 Å². The van der Waals surface area contributed by atoms with Crippen LogP contribution in [0.5, 0.6) is 0 Å². The first-order valence-electron chi connectivity index (χ1n) is 7.40. The topological polar surface area (TPSA) is 76.9 Å². The van der Waals surface area contributed by atoms with Gasteiger partial charge in [0.1, 0.15) is 11.9 Å². The molecule has 2 aromatic heterocycles. The monoisotopic (exact) mass is 298 g/mol. The number of hydrogen-bond acceptors (Lipinski definition) is 4. The molecular weight excluding hydrogens is 280 g/mol. The van der Waals surface area contributed by atoms with E-state index in [9.17, 15) is 9.59 Å². The number of rotatable bonds is 3. The number of aromatic nitrogens is 3. The summed E-state index contributed by atoms with van der Waals surface area (Å²) in [5.41, 5.74) is 2.57. The smallest absolute Gasteiger partial charge is 0.267 e. The molecule has 2 heterocycles. The van der Waals surface area contributed by atoms with Crippen LogP contribution in [0.4, 0.5) is 5.82 Å². The van der Waals surface area contributed by atoms with E-state index in [1.165, 1.54) is 4.68 Å². The quantitative estimate of drug-likeness (QED) is 0.934. The van der Waals surface area contributed by atoms with Crippen LogP contribution in [0, 0.1) is 6.92 Å². The molecular formula is C16H18N4O2. The second-order valence-electron chi connectivity index (χ2n) is 5.59. The highest BCUT2D eigenvalue weighted by atomic mass is 16.2. The molecule has 1 amide bonds. The summed E-state index contributed by atoms with van der Waals surface area (Å²) in [6.07, 6.45) is 4.39. The standard InChI is InChI=1S/C16H18N4O2/c1-10-5-4-8-17-15(10)18-16(22)11(2)20-14(21)9-12-6-3-7-13(12)19-20/h4-5,8-9,11H,3,6-7H2,1-2H3,(H,17,18,22)/t11-/m0/s1. The van der Waals surface area contributed by atoms with E-state index in [0.29, 0.717) is 5.82 Å². The second kappa shape index (κ2) is 5.71. The van der Waals surface area contributed by atoms with Crippen molar-refractivity contribution in [2.45, 2.75) is 39.2 Å². The van der Waals surface area contributed by atoms with Crippen LogP contribution in [0.25, 0.3) is 0 Å². The fourth-order valence-corrected chi connectivity index (χ4v) is 2.64. The van der Waals surface area contributed by atoms with Crippen LogP contribution in [0.2, 0.25) is 0 Å². The van der Waals surface area contributed by atoms with Gasteiger partial charge in [-0.2, -0.15) is 5.10 Å². The highest BCUT2D eigenvalue weighted by molar-refractivity contribution is 5.93. The van der Waals surface area contributed by atoms with E-state index in [4.69, 9.17) is 0 Å². The minimum Gasteiger partial charge on any atom is -0.309 e. The molecule has 1 aliphatic carbocycles. The van der Waals surface area contributed by atoms with Gasteiger partial charge in [0.2, 0.25) is 5.91 Å². The zero-order valence-corrected chi connectivity index (χ0v) is 12.7. The lowest BCUT2D eigenvalue weighted by molar-refractivity contribution is -0.119. The minimum atomic E-state index is -0.681. The van der Waals surface area contributed by atoms with Gasteiger partial charge in [-0.25, -0.2) is 9.67 Å². The zero-order valence-electron chi connectivity index (χ0n) is 12.7. The molecule has 114 valence electrons. The molecule has 1 N–H and O–H groups in total. The van der Waals surface area contributed by atoms with Crippen molar-refractivity contribution in [3.63, 3.8) is 0 Å². The van der Waals surface area contributed by atoms with Crippen molar-refractivity contribution < 1.29 is 4.79 Å². The second-order valence-corrected chi connectivity index (χ2v) is 5.59. The molecule has 1 aliphatic rings. The molecule has 0 fully saturated rings. The maximum atomic E-state index is 12.4. The van der Waals surface area contributed by atoms with Crippen LogP contribution in [0.15, 0.2) is 29.2 Å². The van der Waals surface area contributed by atoms with Crippen LogP contribution >= 0.6 is 0 Å². The third-order valence-electron chi connectivity index (χ3n) is 3.98. The number of nitrogens with one attached hydrogen (secondary N) is 1. The third-order valence-corrected chi connectivity index (χ3v) is 3.98. The van der Waals surface area contributed by atoms with Crippen LogP contribution in [-0.4, -0.2) is 20.7 Å². The molecule has 22 heavy (non-hydrogen) atoms. The SMILES string of the molecule is Cc1cccnc1NC(=O)[C@H](C)n1nc2c(cc1=O)CCC2. The van der Waals surface area contributed by atoms with Gasteiger partial charge in [0, 0.05) is 12.3 Å². The van der Waals surface area contributed by atoms with Crippen molar-refractivity contribution in [3.05, 3.63) is 51.6 Å². The molecule has 0 saturated carbocycles. The Labute approximate surface area is 128 Å². The highest BCUT2D eigenvalue weighted by Crippen LogP contribution is 2.18. The molecule has 6 nitrogen and oxygen atoms in total. The molecule has 0 bridgehead atoms. The molecule has 0 radical (unpaired) electrons. The lowest BCUT2D eigenvalue weighted by Crippen LogP contribution is -2.34. The van der Waals surface area contributed by atoms with Crippen molar-refractivity contribution in [2.24, 2.45) is 0 Å². The Kier molecular flexibility index (Phi) is 3.75. The van der Waals surface area contributed by atoms with Crippen LogP contribution in [0.1, 0.15) is 36.2 Å². The number of amides is 1. The number of anilines is 1. The molecule has 0 unspecified atom stereocenters. The Hall–Kier alpha value is -2.50. The number of carbonyl (C=O) groups is 1. The molecule has 0 aliphatic heterocycles. The summed E-state index contributed by atoms with van der Waals surface area (Å²) in [5.74, 6) is 0.211. The number of fused-ring (bicyclic) bond motifs is 1. The maximum Gasteiger partial charge on any atom is 0.267 e. The van der Waals surface area contributed by atoms with E-state index in [1.807, 2.05) is 13.0 Å². The number of pyridine rings is 1. The van der Waals surface area contributed by atoms with E-state index < -0.39 is 6.04 Å². The van der Waals surface area contributed by atoms with Crippen LogP contribution in [-0.2, 0) is 17.6 Å². The lowest BCUT2D eigenvalue weighted by Gasteiger charge is -2.15. The van der Waals surface area contributed by atoms with Gasteiger partial charge in [-0.3, -0.25) is 9.59 Å². The summed E-state index contributed by atoms with van der Waals surface area (Å²) in [7, 11) is 0. The third kappa shape index (κ3) is 2.64. The minimum absolute atomic E-state index is 0.235. The average Bonchev–Trinajstić information content (AvgIpc) is 2.95. The van der Waals surface area contributed by atoms with Crippen LogP contribution < -0.4 is 10.9 Å². The molecule has 1 atom stereocenters. The molecule has 2 aromatic rings. The van der Waals surface area contributed by atoms with Gasteiger partial charge >= 0.3 is 0 Å². The van der Waals surface area contributed by atoms with Gasteiger partial charge in [-0.1, -0.05) is 6.07 Å². The summed E-state index contributed by atoms with van der Waals surface area (Å²) in [5, 5.41) is 7.11. The first kappa shape index (κ1) is 14.4. The summed E-state index contributed by atoms with van der Waals surface area (Å²) < 4.78 is 1.26. The van der Waals surface area contributed by atoms with E-state index in [0.717, 1.165) is 36.1 Å². The Balaban J connectivity index is 1.85. The van der Waals surface area contributed by atoms with Gasteiger partial charge in [0.15, 0.2) is 0 Å². The van der Waals surface area contributed by atoms with Gasteiger partial charge in [-0.15, -0.1) is 0 Å². The van der Waals surface area contributed by atoms with Crippen molar-refractivity contribution in [3.8, 4) is 0 Å². The van der Waals surface area contributed by atoms with E-state index in [2.05, 4.69) is 15.4 Å². The van der Waals surface area contributed by atoms with Crippen molar-refractivity contribution >= 4 is 11.7 Å². The van der Waals surface area contributed by atoms with E-state index in [-0.39, 0.29) is 11.5 Å². The number of carbonyl (C=O) groups excluding carboxylic acids is 1. The number of hydrogen-bond donors (Lipinski definition) is 1. The molecule has 6 heteroatoms. The molecule has 0 aromatic carbocycles. The maximum absolute atomic E-state index is 12.4. The van der Waals surface area contributed by atoms with Crippen molar-refractivity contribution in [1.29, 1.82) is 0 Å². The van der Waals surface area contributed by atoms with Crippen LogP contribution in [0.3, 0.4) is 0 Å². The summed E-state index contributed by atoms with van der Waals surface area (Å²) in [6.45, 7) is 3.54. The number of nitrogens with zero attached hydrogens (tertiary/aromatic N) is 3. The Morgan fingerprint density at radius 1 is 1.41 bits per heavy atom. The lowest BCUT2D eigenvalue weighted by atomic mass is 10.2. The summed E-state index contributed by atoms with van der Waals surface area (Å²) in [6, 6.07) is 4.60. The van der Waals surface area contributed by atoms with Crippen molar-refractivity contribution in [2.75, 3.05) is 5.32 Å². The van der Waals surface area contributed by atoms with Gasteiger partial charge in [-0.05, 0) is 50.3 Å². The predicted octanol–water partition coefficient (Wildman–Crippen LogP) is 1.64. The zero-order chi connectivity index (χ0) is 15.7. The van der Waals surface area contributed by atoms with Crippen molar-refractivity contribution in [1.82, 2.24) is 14.8 Å². The first-order valence-corrected chi connectivity index (χ1v) is 7.40. The molecule has 3 rings (SSSR count). The fourth-order valence-electron chi connectivity index (χ4n) is 2.64. The van der Waals surface area contributed by atoms with Gasteiger partial charge < -0.3 is 5.32 Å². The predicted molar refractivity (Wildman–Crippen MR) is 82.8 cm³/mol. The average molecular weight is 298 g/mol. The molecule has 0 saturated heterocycles. The number of aryl methyl sites for hydroxylation is 3. The Morgan fingerprint density at radius 2 is 2.23 bits per heavy atom. The molecule has 0 spiro atoms. The van der Waals surface area contributed by atoms with E-state index in [1.54, 1.807) is 25.3 Å². The Bertz CT molecular complexity index is 782. The van der Waals surface area contributed by atoms with Gasteiger partial charge in [0.25, 0.3) is 5.56 Å². The fraction of sp³-hybridized carbons (Fsp3) is 0.375. The Morgan fingerprint density at radius 3 is 3.00 bits per heavy atom. The summed E-state index contributed by atoms with van der Waals surface area (Å²) >= 11 is 0. The normalized spacial score (nSPS) is 14.5. The largest absolute Gasteiger partial charge is 0.309 e.